The molecule has 0 radical (unpaired) electrons. The first kappa shape index (κ1) is 13.4. The van der Waals surface area contributed by atoms with E-state index in [2.05, 4.69) is 23.1 Å². The number of amides is 1. The Labute approximate surface area is 113 Å². The van der Waals surface area contributed by atoms with Crippen LogP contribution in [0, 0.1) is 0 Å². The van der Waals surface area contributed by atoms with Gasteiger partial charge >= 0.3 is 0 Å². The van der Waals surface area contributed by atoms with Crippen LogP contribution in [0.3, 0.4) is 0 Å². The van der Waals surface area contributed by atoms with Gasteiger partial charge in [0.25, 0.3) is 5.91 Å². The monoisotopic (exact) mass is 261 g/mol. The number of ether oxygens (including phenoxy) is 1. The Morgan fingerprint density at radius 2 is 2.16 bits per heavy atom. The first-order valence-corrected chi connectivity index (χ1v) is 6.33. The summed E-state index contributed by atoms with van der Waals surface area (Å²) in [6, 6.07) is 0. The van der Waals surface area contributed by atoms with Gasteiger partial charge in [0, 0.05) is 32.4 Å². The Morgan fingerprint density at radius 3 is 2.74 bits per heavy atom. The van der Waals surface area contributed by atoms with E-state index in [0.717, 1.165) is 12.1 Å². The summed E-state index contributed by atoms with van der Waals surface area (Å²) in [5.41, 5.74) is 2.97. The van der Waals surface area contributed by atoms with Crippen LogP contribution < -0.4 is 0 Å². The molecule has 2 rings (SSSR count). The van der Waals surface area contributed by atoms with Gasteiger partial charge in [-0.2, -0.15) is 0 Å². The molecule has 0 spiro atoms. The summed E-state index contributed by atoms with van der Waals surface area (Å²) >= 11 is 0. The highest BCUT2D eigenvalue weighted by Gasteiger charge is 2.28. The second-order valence-electron chi connectivity index (χ2n) is 4.67. The molecule has 0 aromatic carbocycles. The molecule has 0 aromatic heterocycles. The summed E-state index contributed by atoms with van der Waals surface area (Å²) < 4.78 is 5.38. The molecule has 2 aliphatic rings. The predicted octanol–water partition coefficient (Wildman–Crippen LogP) is 1.86. The van der Waals surface area contributed by atoms with Crippen LogP contribution in [0.25, 0.3) is 0 Å². The average molecular weight is 261 g/mol. The van der Waals surface area contributed by atoms with E-state index in [1.165, 1.54) is 10.6 Å². The number of likely N-dealkylation sites (N-methyl/N-ethyl adjacent to an activating group) is 1. The van der Waals surface area contributed by atoms with Crippen LogP contribution in [0.15, 0.2) is 40.3 Å². The van der Waals surface area contributed by atoms with Gasteiger partial charge in [-0.1, -0.05) is 5.57 Å². The first-order valence-electron chi connectivity index (χ1n) is 6.33. The van der Waals surface area contributed by atoms with E-state index in [-0.39, 0.29) is 5.91 Å². The standard InChI is InChI=1S/C14H19N3O2/c1-5-19-13-12(14(18)17(4)15-13)7-6-11-8-10(2)9-16(11)3/h6-7,9H,5,8H2,1-4H3/b11-6-,12-7+. The third kappa shape index (κ3) is 2.70. The zero-order valence-corrected chi connectivity index (χ0v) is 11.8. The zero-order valence-electron chi connectivity index (χ0n) is 11.8. The minimum absolute atomic E-state index is 0.134. The van der Waals surface area contributed by atoms with Gasteiger partial charge in [-0.05, 0) is 26.0 Å². The van der Waals surface area contributed by atoms with Gasteiger partial charge in [0.05, 0.1) is 6.61 Å². The Morgan fingerprint density at radius 1 is 1.42 bits per heavy atom. The van der Waals surface area contributed by atoms with Crippen LogP contribution in [0.5, 0.6) is 0 Å². The number of rotatable bonds is 2. The van der Waals surface area contributed by atoms with Crippen molar-refractivity contribution in [2.45, 2.75) is 20.3 Å². The summed E-state index contributed by atoms with van der Waals surface area (Å²) in [5, 5.41) is 5.38. The molecule has 0 aliphatic carbocycles. The Balaban J connectivity index is 2.21. The maximum Gasteiger partial charge on any atom is 0.279 e. The third-order valence-corrected chi connectivity index (χ3v) is 3.05. The molecular formula is C14H19N3O2. The smallest absolute Gasteiger partial charge is 0.279 e. The number of hydrogen-bond donors (Lipinski definition) is 0. The summed E-state index contributed by atoms with van der Waals surface area (Å²) in [4.78, 5) is 14.0. The fourth-order valence-electron chi connectivity index (χ4n) is 2.11. The van der Waals surface area contributed by atoms with Gasteiger partial charge in [-0.15, -0.1) is 5.10 Å². The van der Waals surface area contributed by atoms with Crippen LogP contribution in [-0.4, -0.2) is 42.4 Å². The van der Waals surface area contributed by atoms with Crippen LogP contribution in [0.1, 0.15) is 20.3 Å². The summed E-state index contributed by atoms with van der Waals surface area (Å²) in [6.07, 6.45) is 6.74. The molecule has 0 N–H and O–H groups in total. The fraction of sp³-hybridized carbons (Fsp3) is 0.429. The molecule has 0 saturated heterocycles. The fourth-order valence-corrected chi connectivity index (χ4v) is 2.11. The molecule has 0 atom stereocenters. The van der Waals surface area contributed by atoms with Crippen molar-refractivity contribution in [1.82, 2.24) is 9.91 Å². The lowest BCUT2D eigenvalue weighted by Gasteiger charge is -2.10. The number of carbonyl (C=O) groups excluding carboxylic acids is 1. The van der Waals surface area contributed by atoms with E-state index in [9.17, 15) is 4.79 Å². The first-order chi connectivity index (χ1) is 9.02. The normalized spacial score (nSPS) is 23.5. The summed E-state index contributed by atoms with van der Waals surface area (Å²) in [6.45, 7) is 4.46. The predicted molar refractivity (Wildman–Crippen MR) is 74.1 cm³/mol. The molecule has 5 nitrogen and oxygen atoms in total. The molecule has 19 heavy (non-hydrogen) atoms. The highest BCUT2D eigenvalue weighted by atomic mass is 16.5. The highest BCUT2D eigenvalue weighted by Crippen LogP contribution is 2.23. The van der Waals surface area contributed by atoms with Crippen molar-refractivity contribution in [3.05, 3.63) is 35.2 Å². The highest BCUT2D eigenvalue weighted by molar-refractivity contribution is 6.21. The number of carbonyl (C=O) groups is 1. The Hall–Kier alpha value is -2.04. The van der Waals surface area contributed by atoms with Gasteiger partial charge in [-0.3, -0.25) is 4.79 Å². The van der Waals surface area contributed by atoms with Crippen LogP contribution in [0.4, 0.5) is 0 Å². The van der Waals surface area contributed by atoms with E-state index in [0.29, 0.717) is 18.1 Å². The van der Waals surface area contributed by atoms with Crippen molar-refractivity contribution in [1.29, 1.82) is 0 Å². The molecule has 0 aromatic rings. The third-order valence-electron chi connectivity index (χ3n) is 3.05. The molecule has 0 bridgehead atoms. The number of allylic oxidation sites excluding steroid dienone is 3. The van der Waals surface area contributed by atoms with Crippen molar-refractivity contribution < 1.29 is 9.53 Å². The minimum Gasteiger partial charge on any atom is -0.476 e. The SMILES string of the molecule is CCOC1=NN(C)C(=O)/C1=C/C=C1/CC(C)=CN1C. The molecule has 0 fully saturated rings. The van der Waals surface area contributed by atoms with E-state index in [1.807, 2.05) is 20.0 Å². The Bertz CT molecular complexity index is 515. The number of nitrogens with zero attached hydrogens (tertiary/aromatic N) is 3. The lowest BCUT2D eigenvalue weighted by molar-refractivity contribution is -0.124. The largest absolute Gasteiger partial charge is 0.476 e. The Kier molecular flexibility index (Phi) is 3.74. The van der Waals surface area contributed by atoms with E-state index in [1.54, 1.807) is 13.1 Å². The second-order valence-corrected chi connectivity index (χ2v) is 4.67. The molecule has 2 heterocycles. The van der Waals surface area contributed by atoms with Crippen molar-refractivity contribution >= 4 is 11.8 Å². The molecule has 2 aliphatic heterocycles. The molecule has 0 unspecified atom stereocenters. The van der Waals surface area contributed by atoms with Crippen molar-refractivity contribution in [2.24, 2.45) is 5.10 Å². The molecular weight excluding hydrogens is 242 g/mol. The van der Waals surface area contributed by atoms with Gasteiger partial charge in [0.15, 0.2) is 0 Å². The maximum atomic E-state index is 11.9. The van der Waals surface area contributed by atoms with E-state index >= 15 is 0 Å². The number of hydrazone groups is 1. The minimum atomic E-state index is -0.134. The van der Waals surface area contributed by atoms with Crippen molar-refractivity contribution in [3.8, 4) is 0 Å². The van der Waals surface area contributed by atoms with E-state index in [4.69, 9.17) is 4.74 Å². The lowest BCUT2D eigenvalue weighted by atomic mass is 10.2. The molecule has 5 heteroatoms. The average Bonchev–Trinajstić information content (AvgIpc) is 2.79. The van der Waals surface area contributed by atoms with Gasteiger partial charge in [0.1, 0.15) is 5.57 Å². The molecule has 0 saturated carbocycles. The van der Waals surface area contributed by atoms with Crippen molar-refractivity contribution in [3.63, 3.8) is 0 Å². The number of hydrogen-bond acceptors (Lipinski definition) is 4. The van der Waals surface area contributed by atoms with Crippen LogP contribution >= 0.6 is 0 Å². The molecule has 102 valence electrons. The summed E-state index contributed by atoms with van der Waals surface area (Å²) in [7, 11) is 3.63. The van der Waals surface area contributed by atoms with Crippen LogP contribution in [0.2, 0.25) is 0 Å². The van der Waals surface area contributed by atoms with Gasteiger partial charge < -0.3 is 9.64 Å². The summed E-state index contributed by atoms with van der Waals surface area (Å²) in [5.74, 6) is 0.266. The topological polar surface area (TPSA) is 45.1 Å². The van der Waals surface area contributed by atoms with Gasteiger partial charge in [-0.25, -0.2) is 5.01 Å². The quantitative estimate of drug-likeness (QED) is 0.713. The van der Waals surface area contributed by atoms with E-state index < -0.39 is 0 Å². The second kappa shape index (κ2) is 5.30. The lowest BCUT2D eigenvalue weighted by Crippen LogP contribution is -2.17. The van der Waals surface area contributed by atoms with Crippen LogP contribution in [-0.2, 0) is 9.53 Å². The molecule has 1 amide bonds. The van der Waals surface area contributed by atoms with Crippen molar-refractivity contribution in [2.75, 3.05) is 20.7 Å². The zero-order chi connectivity index (χ0) is 14.0. The van der Waals surface area contributed by atoms with Gasteiger partial charge in [0.2, 0.25) is 5.90 Å². The maximum absolute atomic E-state index is 11.9.